The molecule has 0 amide bonds. The molecule has 4 heteroatoms. The monoisotopic (exact) mass is 251 g/mol. The van der Waals surface area contributed by atoms with Crippen LogP contribution in [0.5, 0.6) is 5.75 Å². The van der Waals surface area contributed by atoms with Crippen LogP contribution < -0.4 is 15.8 Å². The van der Waals surface area contributed by atoms with Crippen LogP contribution in [0.4, 0.5) is 5.82 Å². The molecular weight excluding hydrogens is 226 g/mol. The van der Waals surface area contributed by atoms with Gasteiger partial charge < -0.3 is 15.8 Å². The van der Waals surface area contributed by atoms with Gasteiger partial charge >= 0.3 is 0 Å². The molecule has 1 atom stereocenters. The third-order valence-corrected chi connectivity index (χ3v) is 2.73. The van der Waals surface area contributed by atoms with Crippen LogP contribution in [0.1, 0.15) is 34.6 Å². The molecule has 18 heavy (non-hydrogen) atoms. The van der Waals surface area contributed by atoms with Crippen molar-refractivity contribution < 1.29 is 4.74 Å². The van der Waals surface area contributed by atoms with Crippen molar-refractivity contribution in [3.05, 3.63) is 18.3 Å². The highest BCUT2D eigenvalue weighted by Crippen LogP contribution is 2.27. The van der Waals surface area contributed by atoms with E-state index < -0.39 is 0 Å². The number of anilines is 1. The molecule has 3 N–H and O–H groups in total. The second kappa shape index (κ2) is 6.05. The summed E-state index contributed by atoms with van der Waals surface area (Å²) in [6, 6.07) is 3.95. The lowest BCUT2D eigenvalue weighted by molar-refractivity contribution is 0.242. The van der Waals surface area contributed by atoms with E-state index in [0.29, 0.717) is 6.54 Å². The molecule has 102 valence electrons. The molecule has 0 bridgehead atoms. The largest absolute Gasteiger partial charge is 0.487 e. The Bertz CT molecular complexity index is 372. The molecule has 0 saturated carbocycles. The van der Waals surface area contributed by atoms with Gasteiger partial charge in [0.15, 0.2) is 11.6 Å². The third-order valence-electron chi connectivity index (χ3n) is 2.73. The van der Waals surface area contributed by atoms with Gasteiger partial charge in [0.2, 0.25) is 0 Å². The van der Waals surface area contributed by atoms with E-state index in [1.54, 1.807) is 6.20 Å². The zero-order valence-electron chi connectivity index (χ0n) is 12.0. The molecular formula is C14H25N3O. The minimum Gasteiger partial charge on any atom is -0.487 e. The standard InChI is InChI=1S/C14H25N3O/c1-10(2)18-11-7-6-8-16-13(11)17-12(9-15)14(3,4)5/h6-8,10,12H,9,15H2,1-5H3,(H,16,17). The summed E-state index contributed by atoms with van der Waals surface area (Å²) in [6.45, 7) is 11.0. The molecule has 4 nitrogen and oxygen atoms in total. The minimum absolute atomic E-state index is 0.0708. The highest BCUT2D eigenvalue weighted by atomic mass is 16.5. The van der Waals surface area contributed by atoms with Gasteiger partial charge in [-0.1, -0.05) is 20.8 Å². The van der Waals surface area contributed by atoms with Crippen LogP contribution in [-0.4, -0.2) is 23.7 Å². The number of nitrogens with one attached hydrogen (secondary N) is 1. The Balaban J connectivity index is 2.89. The van der Waals surface area contributed by atoms with Crippen molar-refractivity contribution in [3.63, 3.8) is 0 Å². The first-order valence-electron chi connectivity index (χ1n) is 6.43. The van der Waals surface area contributed by atoms with Crippen molar-refractivity contribution in [3.8, 4) is 5.75 Å². The topological polar surface area (TPSA) is 60.2 Å². The molecule has 1 unspecified atom stereocenters. The average molecular weight is 251 g/mol. The number of hydrogen-bond acceptors (Lipinski definition) is 4. The Hall–Kier alpha value is -1.29. The lowest BCUT2D eigenvalue weighted by atomic mass is 9.87. The van der Waals surface area contributed by atoms with Gasteiger partial charge in [-0.3, -0.25) is 0 Å². The Morgan fingerprint density at radius 1 is 1.39 bits per heavy atom. The van der Waals surface area contributed by atoms with Crippen LogP contribution in [0.25, 0.3) is 0 Å². The Labute approximate surface area is 110 Å². The van der Waals surface area contributed by atoms with Gasteiger partial charge in [-0.05, 0) is 31.4 Å². The van der Waals surface area contributed by atoms with Gasteiger partial charge in [0, 0.05) is 18.8 Å². The van der Waals surface area contributed by atoms with Crippen molar-refractivity contribution in [2.75, 3.05) is 11.9 Å². The van der Waals surface area contributed by atoms with Gasteiger partial charge in [-0.25, -0.2) is 4.98 Å². The summed E-state index contributed by atoms with van der Waals surface area (Å²) in [7, 11) is 0. The zero-order valence-corrected chi connectivity index (χ0v) is 12.0. The van der Waals surface area contributed by atoms with E-state index >= 15 is 0 Å². The van der Waals surface area contributed by atoms with Crippen LogP contribution in [0.15, 0.2) is 18.3 Å². The maximum Gasteiger partial charge on any atom is 0.169 e. The van der Waals surface area contributed by atoms with E-state index in [4.69, 9.17) is 10.5 Å². The predicted octanol–water partition coefficient (Wildman–Crippen LogP) is 2.65. The zero-order chi connectivity index (χ0) is 13.8. The van der Waals surface area contributed by atoms with E-state index in [1.165, 1.54) is 0 Å². The molecule has 0 saturated heterocycles. The molecule has 0 aliphatic rings. The number of nitrogens with two attached hydrogens (primary N) is 1. The summed E-state index contributed by atoms with van der Waals surface area (Å²) in [5, 5.41) is 3.38. The van der Waals surface area contributed by atoms with Crippen LogP contribution in [0, 0.1) is 5.41 Å². The molecule has 0 fully saturated rings. The maximum absolute atomic E-state index is 5.83. The summed E-state index contributed by atoms with van der Waals surface area (Å²) >= 11 is 0. The predicted molar refractivity (Wildman–Crippen MR) is 75.9 cm³/mol. The van der Waals surface area contributed by atoms with Crippen molar-refractivity contribution >= 4 is 5.82 Å². The molecule has 1 aromatic rings. The average Bonchev–Trinajstić information content (AvgIpc) is 2.25. The first-order valence-corrected chi connectivity index (χ1v) is 6.43. The summed E-state index contributed by atoms with van der Waals surface area (Å²) in [6.07, 6.45) is 1.88. The fraction of sp³-hybridized carbons (Fsp3) is 0.643. The van der Waals surface area contributed by atoms with Crippen molar-refractivity contribution in [1.29, 1.82) is 0 Å². The van der Waals surface area contributed by atoms with Gasteiger partial charge in [-0.15, -0.1) is 0 Å². The smallest absolute Gasteiger partial charge is 0.169 e. The second-order valence-electron chi connectivity index (χ2n) is 5.82. The summed E-state index contributed by atoms with van der Waals surface area (Å²) in [5.74, 6) is 1.53. The van der Waals surface area contributed by atoms with Crippen LogP contribution in [-0.2, 0) is 0 Å². The molecule has 1 rings (SSSR count). The van der Waals surface area contributed by atoms with E-state index in [2.05, 4.69) is 31.1 Å². The first kappa shape index (κ1) is 14.8. The third kappa shape index (κ3) is 4.18. The number of rotatable bonds is 5. The molecule has 0 spiro atoms. The minimum atomic E-state index is 0.0708. The summed E-state index contributed by atoms with van der Waals surface area (Å²) < 4.78 is 5.74. The van der Waals surface area contributed by atoms with E-state index in [-0.39, 0.29) is 17.6 Å². The lowest BCUT2D eigenvalue weighted by Gasteiger charge is -2.31. The van der Waals surface area contributed by atoms with Gasteiger partial charge in [0.1, 0.15) is 0 Å². The lowest BCUT2D eigenvalue weighted by Crippen LogP contribution is -2.40. The van der Waals surface area contributed by atoms with Crippen molar-refractivity contribution in [1.82, 2.24) is 4.98 Å². The summed E-state index contributed by atoms with van der Waals surface area (Å²) in [4.78, 5) is 4.34. The molecule has 1 aromatic heterocycles. The van der Waals surface area contributed by atoms with E-state index in [1.807, 2.05) is 26.0 Å². The number of aromatic nitrogens is 1. The molecule has 0 aliphatic heterocycles. The maximum atomic E-state index is 5.83. The van der Waals surface area contributed by atoms with Crippen LogP contribution >= 0.6 is 0 Å². The van der Waals surface area contributed by atoms with Gasteiger partial charge in [0.25, 0.3) is 0 Å². The highest BCUT2D eigenvalue weighted by molar-refractivity contribution is 5.50. The quantitative estimate of drug-likeness (QED) is 0.844. The van der Waals surface area contributed by atoms with Crippen LogP contribution in [0.2, 0.25) is 0 Å². The molecule has 0 aromatic carbocycles. The Morgan fingerprint density at radius 2 is 2.06 bits per heavy atom. The fourth-order valence-corrected chi connectivity index (χ4v) is 1.64. The summed E-state index contributed by atoms with van der Waals surface area (Å²) in [5.41, 5.74) is 5.90. The molecule has 1 heterocycles. The van der Waals surface area contributed by atoms with Gasteiger partial charge in [0.05, 0.1) is 6.10 Å². The van der Waals surface area contributed by atoms with Crippen molar-refractivity contribution in [2.45, 2.75) is 46.8 Å². The first-order chi connectivity index (χ1) is 8.34. The highest BCUT2D eigenvalue weighted by Gasteiger charge is 2.24. The van der Waals surface area contributed by atoms with E-state index in [9.17, 15) is 0 Å². The number of pyridine rings is 1. The van der Waals surface area contributed by atoms with Crippen molar-refractivity contribution in [2.24, 2.45) is 11.1 Å². The fourth-order valence-electron chi connectivity index (χ4n) is 1.64. The number of hydrogen-bond donors (Lipinski definition) is 2. The second-order valence-corrected chi connectivity index (χ2v) is 5.82. The Kier molecular flexibility index (Phi) is 4.96. The number of nitrogens with zero attached hydrogens (tertiary/aromatic N) is 1. The molecule has 0 aliphatic carbocycles. The van der Waals surface area contributed by atoms with Gasteiger partial charge in [-0.2, -0.15) is 0 Å². The number of ether oxygens (including phenoxy) is 1. The normalized spacial score (nSPS) is 13.5. The van der Waals surface area contributed by atoms with E-state index in [0.717, 1.165) is 11.6 Å². The SMILES string of the molecule is CC(C)Oc1cccnc1NC(CN)C(C)(C)C. The van der Waals surface area contributed by atoms with Crippen LogP contribution in [0.3, 0.4) is 0 Å². The Morgan fingerprint density at radius 3 is 2.56 bits per heavy atom. The molecule has 0 radical (unpaired) electrons.